The quantitative estimate of drug-likeness (QED) is 0.779. The van der Waals surface area contributed by atoms with Gasteiger partial charge >= 0.3 is 0 Å². The van der Waals surface area contributed by atoms with Crippen LogP contribution in [0.1, 0.15) is 28.2 Å². The van der Waals surface area contributed by atoms with Gasteiger partial charge in [-0.05, 0) is 31.5 Å². The minimum Gasteiger partial charge on any atom is -0.370 e. The summed E-state index contributed by atoms with van der Waals surface area (Å²) in [5.74, 6) is -0.148. The monoisotopic (exact) mass is 347 g/mol. The largest absolute Gasteiger partial charge is 0.370 e. The fraction of sp³-hybridized carbons (Fsp3) is 0.389. The van der Waals surface area contributed by atoms with Gasteiger partial charge in [0.05, 0.1) is 23.8 Å². The smallest absolute Gasteiger partial charge is 0.268 e. The Kier molecular flexibility index (Phi) is 5.56. The molecule has 0 saturated carbocycles. The number of aromatic nitrogens is 1. The van der Waals surface area contributed by atoms with Crippen LogP contribution in [0.4, 0.5) is 0 Å². The molecule has 0 aliphatic carbocycles. The number of carbonyl (C=O) groups excluding carboxylic acids is 1. The Balaban J connectivity index is 1.60. The maximum atomic E-state index is 12.4. The molecular formula is C18H22ClN3O2. The second-order valence-corrected chi connectivity index (χ2v) is 6.47. The SMILES string of the molecule is Cc1[nH]c(C(=O)N[C@@H]2CCNC[C@@H]2OCc2ccccc2)cc1Cl. The first kappa shape index (κ1) is 17.0. The minimum absolute atomic E-state index is 0.0233. The van der Waals surface area contributed by atoms with E-state index < -0.39 is 0 Å². The third-order valence-electron chi connectivity index (χ3n) is 4.25. The Labute approximate surface area is 146 Å². The summed E-state index contributed by atoms with van der Waals surface area (Å²) < 4.78 is 6.03. The molecule has 24 heavy (non-hydrogen) atoms. The average molecular weight is 348 g/mol. The number of carbonyl (C=O) groups is 1. The van der Waals surface area contributed by atoms with Crippen molar-refractivity contribution in [2.45, 2.75) is 32.1 Å². The van der Waals surface area contributed by atoms with E-state index in [-0.39, 0.29) is 18.1 Å². The van der Waals surface area contributed by atoms with Gasteiger partial charge in [0.25, 0.3) is 5.91 Å². The van der Waals surface area contributed by atoms with Crippen molar-refractivity contribution in [2.24, 2.45) is 0 Å². The van der Waals surface area contributed by atoms with Gasteiger partial charge in [0.1, 0.15) is 5.69 Å². The first-order chi connectivity index (χ1) is 11.6. The average Bonchev–Trinajstić information content (AvgIpc) is 2.94. The summed E-state index contributed by atoms with van der Waals surface area (Å²) in [5, 5.41) is 6.96. The molecule has 3 N–H and O–H groups in total. The highest BCUT2D eigenvalue weighted by atomic mass is 35.5. The summed E-state index contributed by atoms with van der Waals surface area (Å²) in [4.78, 5) is 15.4. The third kappa shape index (κ3) is 4.17. The van der Waals surface area contributed by atoms with Gasteiger partial charge in [-0.3, -0.25) is 4.79 Å². The highest BCUT2D eigenvalue weighted by molar-refractivity contribution is 6.31. The lowest BCUT2D eigenvalue weighted by Crippen LogP contribution is -2.53. The molecule has 0 radical (unpaired) electrons. The second kappa shape index (κ2) is 7.83. The van der Waals surface area contributed by atoms with Crippen LogP contribution in [0.15, 0.2) is 36.4 Å². The molecule has 3 rings (SSSR count). The number of aryl methyl sites for hydroxylation is 1. The molecule has 0 bridgehead atoms. The molecule has 6 heteroatoms. The fourth-order valence-corrected chi connectivity index (χ4v) is 3.01. The van der Waals surface area contributed by atoms with Crippen LogP contribution in [0.3, 0.4) is 0 Å². The van der Waals surface area contributed by atoms with Crippen molar-refractivity contribution in [3.8, 4) is 0 Å². The van der Waals surface area contributed by atoms with Crippen LogP contribution < -0.4 is 10.6 Å². The van der Waals surface area contributed by atoms with Gasteiger partial charge in [-0.1, -0.05) is 41.9 Å². The molecule has 1 aliphatic rings. The van der Waals surface area contributed by atoms with E-state index in [9.17, 15) is 4.79 Å². The van der Waals surface area contributed by atoms with Gasteiger partial charge in [0.2, 0.25) is 0 Å². The van der Waals surface area contributed by atoms with E-state index in [1.807, 2.05) is 37.3 Å². The first-order valence-electron chi connectivity index (χ1n) is 8.15. The van der Waals surface area contributed by atoms with E-state index in [1.54, 1.807) is 6.07 Å². The molecular weight excluding hydrogens is 326 g/mol. The molecule has 0 unspecified atom stereocenters. The number of nitrogens with one attached hydrogen (secondary N) is 3. The number of rotatable bonds is 5. The summed E-state index contributed by atoms with van der Waals surface area (Å²) >= 11 is 6.02. The number of amides is 1. The molecule has 1 fully saturated rings. The number of hydrogen-bond acceptors (Lipinski definition) is 3. The number of H-pyrrole nitrogens is 1. The van der Waals surface area contributed by atoms with Crippen molar-refractivity contribution in [3.63, 3.8) is 0 Å². The van der Waals surface area contributed by atoms with Crippen LogP contribution in [0.2, 0.25) is 5.02 Å². The fourth-order valence-electron chi connectivity index (χ4n) is 2.85. The molecule has 2 aromatic rings. The van der Waals surface area contributed by atoms with Gasteiger partial charge in [-0.2, -0.15) is 0 Å². The number of benzene rings is 1. The van der Waals surface area contributed by atoms with E-state index >= 15 is 0 Å². The van der Waals surface area contributed by atoms with Crippen molar-refractivity contribution in [1.82, 2.24) is 15.6 Å². The topological polar surface area (TPSA) is 66.2 Å². The van der Waals surface area contributed by atoms with Crippen molar-refractivity contribution in [3.05, 3.63) is 58.4 Å². The predicted molar refractivity (Wildman–Crippen MR) is 94.3 cm³/mol. The normalized spacial score (nSPS) is 20.8. The summed E-state index contributed by atoms with van der Waals surface area (Å²) in [7, 11) is 0. The van der Waals surface area contributed by atoms with E-state index in [2.05, 4.69) is 15.6 Å². The Bertz CT molecular complexity index is 667. The number of halogens is 1. The lowest BCUT2D eigenvalue weighted by Gasteiger charge is -2.32. The van der Waals surface area contributed by atoms with Crippen LogP contribution >= 0.6 is 11.6 Å². The third-order valence-corrected chi connectivity index (χ3v) is 4.64. The predicted octanol–water partition coefficient (Wildman–Crippen LogP) is 2.65. The van der Waals surface area contributed by atoms with Gasteiger partial charge in [-0.25, -0.2) is 0 Å². The Hall–Kier alpha value is -1.82. The van der Waals surface area contributed by atoms with Crippen LogP contribution in [0.5, 0.6) is 0 Å². The van der Waals surface area contributed by atoms with Crippen molar-refractivity contribution < 1.29 is 9.53 Å². The Morgan fingerprint density at radius 3 is 2.88 bits per heavy atom. The Morgan fingerprint density at radius 2 is 2.17 bits per heavy atom. The van der Waals surface area contributed by atoms with E-state index in [0.29, 0.717) is 17.3 Å². The summed E-state index contributed by atoms with van der Waals surface area (Å²) in [6.45, 7) is 3.96. The summed E-state index contributed by atoms with van der Waals surface area (Å²) in [6.07, 6.45) is 0.771. The molecule has 128 valence electrons. The summed E-state index contributed by atoms with van der Waals surface area (Å²) in [6, 6.07) is 11.7. The van der Waals surface area contributed by atoms with Crippen LogP contribution in [-0.4, -0.2) is 36.1 Å². The summed E-state index contributed by atoms with van der Waals surface area (Å²) in [5.41, 5.74) is 2.40. The highest BCUT2D eigenvalue weighted by Gasteiger charge is 2.28. The van der Waals surface area contributed by atoms with Crippen LogP contribution in [-0.2, 0) is 11.3 Å². The maximum Gasteiger partial charge on any atom is 0.268 e. The van der Waals surface area contributed by atoms with Gasteiger partial charge in [0, 0.05) is 12.2 Å². The number of aromatic amines is 1. The zero-order valence-corrected chi connectivity index (χ0v) is 14.4. The molecule has 1 saturated heterocycles. The standard InChI is InChI=1S/C18H22ClN3O2/c1-12-14(19)9-16(21-12)18(23)22-15-7-8-20-10-17(15)24-11-13-5-3-2-4-6-13/h2-6,9,15,17,20-21H,7-8,10-11H2,1H3,(H,22,23)/t15-,17+/m1/s1. The minimum atomic E-state index is -0.148. The first-order valence-corrected chi connectivity index (χ1v) is 8.53. The van der Waals surface area contributed by atoms with Crippen molar-refractivity contribution in [2.75, 3.05) is 13.1 Å². The van der Waals surface area contributed by atoms with E-state index in [1.165, 1.54) is 0 Å². The molecule has 1 amide bonds. The molecule has 1 aromatic carbocycles. The maximum absolute atomic E-state index is 12.4. The molecule has 2 heterocycles. The molecule has 5 nitrogen and oxygen atoms in total. The number of hydrogen-bond donors (Lipinski definition) is 3. The molecule has 0 spiro atoms. The zero-order chi connectivity index (χ0) is 16.9. The van der Waals surface area contributed by atoms with Crippen LogP contribution in [0.25, 0.3) is 0 Å². The van der Waals surface area contributed by atoms with Gasteiger partial charge in [-0.15, -0.1) is 0 Å². The second-order valence-electron chi connectivity index (χ2n) is 6.06. The van der Waals surface area contributed by atoms with Crippen LogP contribution in [0, 0.1) is 6.92 Å². The highest BCUT2D eigenvalue weighted by Crippen LogP contribution is 2.17. The number of ether oxygens (including phenoxy) is 1. The molecule has 1 aromatic heterocycles. The van der Waals surface area contributed by atoms with Gasteiger partial charge in [0.15, 0.2) is 0 Å². The Morgan fingerprint density at radius 1 is 1.38 bits per heavy atom. The zero-order valence-electron chi connectivity index (χ0n) is 13.6. The molecule has 1 aliphatic heterocycles. The van der Waals surface area contributed by atoms with Gasteiger partial charge < -0.3 is 20.4 Å². The lowest BCUT2D eigenvalue weighted by atomic mass is 10.0. The van der Waals surface area contributed by atoms with E-state index in [4.69, 9.17) is 16.3 Å². The van der Waals surface area contributed by atoms with E-state index in [0.717, 1.165) is 30.8 Å². The molecule has 2 atom stereocenters. The lowest BCUT2D eigenvalue weighted by molar-refractivity contribution is 0.00357. The van der Waals surface area contributed by atoms with Crippen molar-refractivity contribution >= 4 is 17.5 Å². The van der Waals surface area contributed by atoms with Crippen molar-refractivity contribution in [1.29, 1.82) is 0 Å². The number of piperidine rings is 1.